The molecular formula is C14H15N3O3. The number of amides is 1. The minimum Gasteiger partial charge on any atom is -0.478 e. The molecule has 0 saturated carbocycles. The van der Waals surface area contributed by atoms with Crippen LogP contribution in [0, 0.1) is 0 Å². The van der Waals surface area contributed by atoms with Crippen molar-refractivity contribution in [2.45, 2.75) is 13.0 Å². The molecule has 0 atom stereocenters. The van der Waals surface area contributed by atoms with E-state index in [1.807, 2.05) is 6.07 Å². The topological polar surface area (TPSA) is 84.2 Å². The number of benzene rings is 1. The third-order valence-electron chi connectivity index (χ3n) is 2.83. The molecule has 0 bridgehead atoms. The molecule has 0 radical (unpaired) electrons. The molecule has 0 aliphatic carbocycles. The Hall–Kier alpha value is -2.63. The van der Waals surface area contributed by atoms with Gasteiger partial charge in [-0.25, -0.2) is 4.79 Å². The number of carboxylic acids is 1. The molecule has 6 heteroatoms. The molecule has 2 aromatic rings. The van der Waals surface area contributed by atoms with E-state index in [0.29, 0.717) is 12.1 Å². The van der Waals surface area contributed by atoms with Crippen molar-refractivity contribution in [3.8, 4) is 0 Å². The molecule has 0 aliphatic heterocycles. The first-order valence-electron chi connectivity index (χ1n) is 6.12. The lowest BCUT2D eigenvalue weighted by atomic mass is 10.0. The average molecular weight is 273 g/mol. The van der Waals surface area contributed by atoms with Gasteiger partial charge in [-0.05, 0) is 17.7 Å². The van der Waals surface area contributed by atoms with Gasteiger partial charge < -0.3 is 10.4 Å². The van der Waals surface area contributed by atoms with Crippen LogP contribution in [0.4, 0.5) is 0 Å². The van der Waals surface area contributed by atoms with Crippen LogP contribution in [0.2, 0.25) is 0 Å². The lowest BCUT2D eigenvalue weighted by Crippen LogP contribution is -2.25. The summed E-state index contributed by atoms with van der Waals surface area (Å²) >= 11 is 0. The van der Waals surface area contributed by atoms with Gasteiger partial charge in [-0.15, -0.1) is 0 Å². The monoisotopic (exact) mass is 273 g/mol. The summed E-state index contributed by atoms with van der Waals surface area (Å²) in [5.74, 6) is -1.26. The Morgan fingerprint density at radius 3 is 2.70 bits per heavy atom. The number of aromatic nitrogens is 2. The Kier molecular flexibility index (Phi) is 4.14. The summed E-state index contributed by atoms with van der Waals surface area (Å²) in [6.07, 6.45) is 1.83. The Labute approximate surface area is 116 Å². The first kappa shape index (κ1) is 13.8. The number of nitrogens with zero attached hydrogens (tertiary/aromatic N) is 2. The summed E-state index contributed by atoms with van der Waals surface area (Å²) in [7, 11) is 1.80. The van der Waals surface area contributed by atoms with Crippen LogP contribution in [0.1, 0.15) is 21.6 Å². The molecule has 1 heterocycles. The molecule has 1 amide bonds. The van der Waals surface area contributed by atoms with Crippen LogP contribution in [0.3, 0.4) is 0 Å². The van der Waals surface area contributed by atoms with Crippen molar-refractivity contribution in [1.82, 2.24) is 15.1 Å². The number of nitrogens with one attached hydrogen (secondary N) is 1. The molecule has 2 rings (SSSR count). The summed E-state index contributed by atoms with van der Waals surface area (Å²) in [6.45, 7) is 0.328. The quantitative estimate of drug-likeness (QED) is 0.850. The van der Waals surface area contributed by atoms with Gasteiger partial charge in [0.2, 0.25) is 5.91 Å². The highest BCUT2D eigenvalue weighted by Gasteiger charge is 2.12. The van der Waals surface area contributed by atoms with E-state index in [4.69, 9.17) is 5.11 Å². The fraction of sp³-hybridized carbons (Fsp3) is 0.214. The maximum Gasteiger partial charge on any atom is 0.335 e. The Morgan fingerprint density at radius 2 is 2.05 bits per heavy atom. The Morgan fingerprint density at radius 1 is 1.30 bits per heavy atom. The number of hydrogen-bond acceptors (Lipinski definition) is 3. The molecular weight excluding hydrogens is 258 g/mol. The number of aromatic carboxylic acids is 1. The van der Waals surface area contributed by atoms with E-state index in [1.54, 1.807) is 36.1 Å². The second-order valence-corrected chi connectivity index (χ2v) is 4.40. The zero-order valence-electron chi connectivity index (χ0n) is 11.0. The van der Waals surface area contributed by atoms with Crippen molar-refractivity contribution in [2.75, 3.05) is 0 Å². The predicted molar refractivity (Wildman–Crippen MR) is 72.2 cm³/mol. The third-order valence-corrected chi connectivity index (χ3v) is 2.83. The average Bonchev–Trinajstić information content (AvgIpc) is 2.83. The first-order chi connectivity index (χ1) is 9.56. The number of carboxylic acid groups (broad SMARTS) is 1. The summed E-state index contributed by atoms with van der Waals surface area (Å²) in [4.78, 5) is 22.9. The Bertz CT molecular complexity index is 634. The van der Waals surface area contributed by atoms with Gasteiger partial charge >= 0.3 is 5.97 Å². The lowest BCUT2D eigenvalue weighted by Gasteiger charge is -2.06. The van der Waals surface area contributed by atoms with Gasteiger partial charge in [-0.1, -0.05) is 18.2 Å². The van der Waals surface area contributed by atoms with Crippen LogP contribution in [-0.4, -0.2) is 26.8 Å². The normalized spacial score (nSPS) is 10.2. The molecule has 1 aromatic carbocycles. The van der Waals surface area contributed by atoms with Crippen molar-refractivity contribution in [3.63, 3.8) is 0 Å². The molecule has 1 aromatic heterocycles. The maximum absolute atomic E-state index is 11.8. The summed E-state index contributed by atoms with van der Waals surface area (Å²) in [5.41, 5.74) is 1.41. The zero-order chi connectivity index (χ0) is 14.5. The van der Waals surface area contributed by atoms with Crippen molar-refractivity contribution in [1.29, 1.82) is 0 Å². The molecule has 0 saturated heterocycles. The van der Waals surface area contributed by atoms with Crippen LogP contribution in [0.25, 0.3) is 0 Å². The predicted octanol–water partition coefficient (Wildman–Crippen LogP) is 0.977. The highest BCUT2D eigenvalue weighted by Crippen LogP contribution is 2.09. The molecule has 0 aliphatic rings. The number of carbonyl (C=O) groups is 2. The van der Waals surface area contributed by atoms with Crippen molar-refractivity contribution >= 4 is 11.9 Å². The van der Waals surface area contributed by atoms with Crippen LogP contribution in [0.5, 0.6) is 0 Å². The van der Waals surface area contributed by atoms with Gasteiger partial charge in [0.1, 0.15) is 0 Å². The number of carbonyl (C=O) groups excluding carboxylic acids is 1. The molecule has 0 spiro atoms. The van der Waals surface area contributed by atoms with Crippen molar-refractivity contribution < 1.29 is 14.7 Å². The van der Waals surface area contributed by atoms with Crippen molar-refractivity contribution in [2.24, 2.45) is 7.05 Å². The minimum atomic E-state index is -1.03. The van der Waals surface area contributed by atoms with Gasteiger partial charge in [0.25, 0.3) is 0 Å². The molecule has 6 nitrogen and oxygen atoms in total. The molecule has 0 unspecified atom stereocenters. The van der Waals surface area contributed by atoms with Crippen LogP contribution >= 0.6 is 0 Å². The van der Waals surface area contributed by atoms with Gasteiger partial charge in [0.05, 0.1) is 24.2 Å². The van der Waals surface area contributed by atoms with E-state index in [-0.39, 0.29) is 17.9 Å². The fourth-order valence-corrected chi connectivity index (χ4v) is 1.87. The SMILES string of the molecule is Cn1ccc(CNC(=O)Cc2ccccc2C(=O)O)n1. The van der Waals surface area contributed by atoms with E-state index < -0.39 is 5.97 Å². The van der Waals surface area contributed by atoms with E-state index in [0.717, 1.165) is 5.69 Å². The second-order valence-electron chi connectivity index (χ2n) is 4.40. The first-order valence-corrected chi connectivity index (χ1v) is 6.12. The van der Waals surface area contributed by atoms with Gasteiger partial charge in [0.15, 0.2) is 0 Å². The Balaban J connectivity index is 1.96. The van der Waals surface area contributed by atoms with E-state index in [1.165, 1.54) is 6.07 Å². The standard InChI is InChI=1S/C14H15N3O3/c1-17-7-6-11(16-17)9-15-13(18)8-10-4-2-3-5-12(10)14(19)20/h2-7H,8-9H2,1H3,(H,15,18)(H,19,20). The van der Waals surface area contributed by atoms with Gasteiger partial charge in [-0.2, -0.15) is 5.10 Å². The molecule has 104 valence electrons. The van der Waals surface area contributed by atoms with Crippen LogP contribution in [0.15, 0.2) is 36.5 Å². The number of hydrogen-bond donors (Lipinski definition) is 2. The summed E-state index contributed by atoms with van der Waals surface area (Å²) < 4.78 is 1.65. The highest BCUT2D eigenvalue weighted by molar-refractivity contribution is 5.91. The summed E-state index contributed by atoms with van der Waals surface area (Å²) in [5, 5.41) is 15.9. The fourth-order valence-electron chi connectivity index (χ4n) is 1.87. The highest BCUT2D eigenvalue weighted by atomic mass is 16.4. The number of aryl methyl sites for hydroxylation is 1. The largest absolute Gasteiger partial charge is 0.478 e. The smallest absolute Gasteiger partial charge is 0.335 e. The third kappa shape index (κ3) is 3.44. The maximum atomic E-state index is 11.8. The lowest BCUT2D eigenvalue weighted by molar-refractivity contribution is -0.120. The minimum absolute atomic E-state index is 0.0370. The van der Waals surface area contributed by atoms with Crippen LogP contribution < -0.4 is 5.32 Å². The van der Waals surface area contributed by atoms with Gasteiger partial charge in [0, 0.05) is 13.2 Å². The second kappa shape index (κ2) is 6.01. The summed E-state index contributed by atoms with van der Waals surface area (Å²) in [6, 6.07) is 8.30. The molecule has 2 N–H and O–H groups in total. The zero-order valence-corrected chi connectivity index (χ0v) is 11.0. The van der Waals surface area contributed by atoms with Crippen LogP contribution in [-0.2, 0) is 24.8 Å². The van der Waals surface area contributed by atoms with Crippen molar-refractivity contribution in [3.05, 3.63) is 53.3 Å². The molecule has 0 fully saturated rings. The van der Waals surface area contributed by atoms with E-state index >= 15 is 0 Å². The molecule has 20 heavy (non-hydrogen) atoms. The number of rotatable bonds is 5. The van der Waals surface area contributed by atoms with Gasteiger partial charge in [-0.3, -0.25) is 9.48 Å². The van der Waals surface area contributed by atoms with E-state index in [2.05, 4.69) is 10.4 Å². The van der Waals surface area contributed by atoms with E-state index in [9.17, 15) is 9.59 Å².